The molecular formula is C27H33N3O2. The van der Waals surface area contributed by atoms with Gasteiger partial charge in [0.05, 0.1) is 25.4 Å². The molecule has 1 atom stereocenters. The molecular weight excluding hydrogens is 398 g/mol. The highest BCUT2D eigenvalue weighted by Crippen LogP contribution is 2.29. The lowest BCUT2D eigenvalue weighted by atomic mass is 9.96. The molecule has 5 nitrogen and oxygen atoms in total. The maximum atomic E-state index is 10.5. The molecule has 0 spiro atoms. The topological polar surface area (TPSA) is 48.8 Å². The first kappa shape index (κ1) is 22.6. The molecule has 1 unspecified atom stereocenters. The van der Waals surface area contributed by atoms with Crippen molar-refractivity contribution >= 4 is 0 Å². The third-order valence-corrected chi connectivity index (χ3v) is 6.16. The third kappa shape index (κ3) is 6.02. The molecule has 1 saturated heterocycles. The van der Waals surface area contributed by atoms with E-state index >= 15 is 0 Å². The van der Waals surface area contributed by atoms with E-state index < -0.39 is 6.10 Å². The van der Waals surface area contributed by atoms with Crippen molar-refractivity contribution < 1.29 is 9.84 Å². The smallest absolute Gasteiger partial charge is 0.0900 e. The number of aliphatic hydroxyl groups excluding tert-OH is 1. The van der Waals surface area contributed by atoms with Gasteiger partial charge in [-0.2, -0.15) is 0 Å². The van der Waals surface area contributed by atoms with Gasteiger partial charge in [0.2, 0.25) is 0 Å². The molecule has 168 valence electrons. The normalized spacial score (nSPS) is 16.3. The van der Waals surface area contributed by atoms with Crippen molar-refractivity contribution in [3.05, 3.63) is 101 Å². The average molecular weight is 432 g/mol. The summed E-state index contributed by atoms with van der Waals surface area (Å²) in [5, 5.41) is 10.5. The molecule has 1 fully saturated rings. The first-order valence-electron chi connectivity index (χ1n) is 11.4. The van der Waals surface area contributed by atoms with Crippen molar-refractivity contribution in [3.63, 3.8) is 0 Å². The van der Waals surface area contributed by atoms with E-state index in [1.54, 1.807) is 6.20 Å². The molecule has 1 aliphatic rings. The van der Waals surface area contributed by atoms with Crippen LogP contribution in [0.5, 0.6) is 0 Å². The Morgan fingerprint density at radius 2 is 1.50 bits per heavy atom. The standard InChI is InChI=1S/C27H33N3O2/c1-22-25(13-8-14-28-22)20-32-21-26(31)19-29-15-17-30(18-16-29)27(23-9-4-2-5-10-23)24-11-6-3-7-12-24/h2-14,26-27,31H,15-21H2,1H3. The number of aliphatic hydroxyl groups is 1. The van der Waals surface area contributed by atoms with Crippen LogP contribution in [0.25, 0.3) is 0 Å². The van der Waals surface area contributed by atoms with E-state index in [4.69, 9.17) is 4.74 Å². The van der Waals surface area contributed by atoms with Gasteiger partial charge >= 0.3 is 0 Å². The van der Waals surface area contributed by atoms with E-state index in [0.29, 0.717) is 19.8 Å². The Morgan fingerprint density at radius 1 is 0.875 bits per heavy atom. The molecule has 1 aliphatic heterocycles. The zero-order valence-electron chi connectivity index (χ0n) is 18.8. The van der Waals surface area contributed by atoms with Crippen LogP contribution in [-0.4, -0.2) is 65.3 Å². The van der Waals surface area contributed by atoms with Crippen molar-refractivity contribution in [1.82, 2.24) is 14.8 Å². The lowest BCUT2D eigenvalue weighted by Crippen LogP contribution is -2.50. The number of hydrogen-bond acceptors (Lipinski definition) is 5. The molecule has 0 saturated carbocycles. The van der Waals surface area contributed by atoms with Gasteiger partial charge in [-0.25, -0.2) is 0 Å². The van der Waals surface area contributed by atoms with Gasteiger partial charge in [-0.15, -0.1) is 0 Å². The molecule has 0 radical (unpaired) electrons. The van der Waals surface area contributed by atoms with Crippen LogP contribution in [0.15, 0.2) is 79.0 Å². The summed E-state index contributed by atoms with van der Waals surface area (Å²) in [5.74, 6) is 0. The fourth-order valence-electron chi connectivity index (χ4n) is 4.41. The monoisotopic (exact) mass is 431 g/mol. The number of benzene rings is 2. The molecule has 0 bridgehead atoms. The van der Waals surface area contributed by atoms with Gasteiger partial charge in [-0.05, 0) is 29.7 Å². The van der Waals surface area contributed by atoms with E-state index in [0.717, 1.165) is 37.4 Å². The number of aromatic nitrogens is 1. The molecule has 1 aromatic heterocycles. The van der Waals surface area contributed by atoms with E-state index in [9.17, 15) is 5.11 Å². The highest BCUT2D eigenvalue weighted by Gasteiger charge is 2.27. The van der Waals surface area contributed by atoms with Gasteiger partial charge in [0.1, 0.15) is 0 Å². The lowest BCUT2D eigenvalue weighted by Gasteiger charge is -2.40. The van der Waals surface area contributed by atoms with Crippen LogP contribution in [0.3, 0.4) is 0 Å². The molecule has 5 heteroatoms. The Kier molecular flexibility index (Phi) is 8.02. The number of hydrogen-bond donors (Lipinski definition) is 1. The molecule has 0 amide bonds. The SMILES string of the molecule is Cc1ncccc1COCC(O)CN1CCN(C(c2ccccc2)c2ccccc2)CC1. The predicted molar refractivity (Wildman–Crippen MR) is 127 cm³/mol. The summed E-state index contributed by atoms with van der Waals surface area (Å²) in [6, 6.07) is 25.7. The Morgan fingerprint density at radius 3 is 2.09 bits per heavy atom. The van der Waals surface area contributed by atoms with E-state index in [2.05, 4.69) is 75.4 Å². The number of ether oxygens (including phenoxy) is 1. The summed E-state index contributed by atoms with van der Waals surface area (Å²) in [6.45, 7) is 7.26. The van der Waals surface area contributed by atoms with Crippen molar-refractivity contribution in [2.24, 2.45) is 0 Å². The highest BCUT2D eigenvalue weighted by molar-refractivity contribution is 5.32. The van der Waals surface area contributed by atoms with E-state index in [-0.39, 0.29) is 6.04 Å². The van der Waals surface area contributed by atoms with Crippen LogP contribution in [0.2, 0.25) is 0 Å². The summed E-state index contributed by atoms with van der Waals surface area (Å²) in [7, 11) is 0. The molecule has 1 N–H and O–H groups in total. The number of aryl methyl sites for hydroxylation is 1. The Balaban J connectivity index is 1.28. The zero-order valence-corrected chi connectivity index (χ0v) is 18.8. The molecule has 4 rings (SSSR count). The first-order chi connectivity index (χ1) is 15.7. The molecule has 32 heavy (non-hydrogen) atoms. The molecule has 0 aliphatic carbocycles. The second kappa shape index (κ2) is 11.3. The minimum atomic E-state index is -0.488. The quantitative estimate of drug-likeness (QED) is 0.560. The zero-order chi connectivity index (χ0) is 22.2. The van der Waals surface area contributed by atoms with E-state index in [1.165, 1.54) is 11.1 Å². The fourth-order valence-corrected chi connectivity index (χ4v) is 4.41. The van der Waals surface area contributed by atoms with Crippen LogP contribution in [0, 0.1) is 6.92 Å². The van der Waals surface area contributed by atoms with Crippen LogP contribution in [-0.2, 0) is 11.3 Å². The third-order valence-electron chi connectivity index (χ3n) is 6.16. The first-order valence-corrected chi connectivity index (χ1v) is 11.4. The lowest BCUT2D eigenvalue weighted by molar-refractivity contribution is -0.000882. The van der Waals surface area contributed by atoms with Crippen LogP contribution in [0.4, 0.5) is 0 Å². The second-order valence-corrected chi connectivity index (χ2v) is 8.48. The maximum absolute atomic E-state index is 10.5. The number of piperazine rings is 1. The van der Waals surface area contributed by atoms with Crippen molar-refractivity contribution in [1.29, 1.82) is 0 Å². The van der Waals surface area contributed by atoms with Crippen LogP contribution in [0.1, 0.15) is 28.4 Å². The van der Waals surface area contributed by atoms with Gasteiger partial charge < -0.3 is 9.84 Å². The Hall–Kier alpha value is -2.57. The number of β-amino-alcohol motifs (C(OH)–C–C–N with tert-alkyl or cyclic N) is 1. The molecule has 3 aromatic rings. The van der Waals surface area contributed by atoms with Gasteiger partial charge in [0.25, 0.3) is 0 Å². The summed E-state index contributed by atoms with van der Waals surface area (Å²) in [6.07, 6.45) is 1.30. The average Bonchev–Trinajstić information content (AvgIpc) is 2.83. The largest absolute Gasteiger partial charge is 0.389 e. The maximum Gasteiger partial charge on any atom is 0.0900 e. The summed E-state index contributed by atoms with van der Waals surface area (Å²) in [4.78, 5) is 9.17. The van der Waals surface area contributed by atoms with Crippen molar-refractivity contribution in [3.8, 4) is 0 Å². The predicted octanol–water partition coefficient (Wildman–Crippen LogP) is 3.67. The minimum absolute atomic E-state index is 0.260. The van der Waals surface area contributed by atoms with E-state index in [1.807, 2.05) is 19.1 Å². The van der Waals surface area contributed by atoms with Gasteiger partial charge in [0, 0.05) is 44.6 Å². The molecule has 2 aromatic carbocycles. The van der Waals surface area contributed by atoms with Crippen LogP contribution < -0.4 is 0 Å². The highest BCUT2D eigenvalue weighted by atomic mass is 16.5. The van der Waals surface area contributed by atoms with Gasteiger partial charge in [0.15, 0.2) is 0 Å². The summed E-state index contributed by atoms with van der Waals surface area (Å²) < 4.78 is 5.75. The van der Waals surface area contributed by atoms with Gasteiger partial charge in [-0.3, -0.25) is 14.8 Å². The Labute approximate surface area is 191 Å². The Bertz CT molecular complexity index is 904. The fraction of sp³-hybridized carbons (Fsp3) is 0.370. The number of nitrogens with zero attached hydrogens (tertiary/aromatic N) is 3. The van der Waals surface area contributed by atoms with Crippen molar-refractivity contribution in [2.75, 3.05) is 39.3 Å². The van der Waals surface area contributed by atoms with Gasteiger partial charge in [-0.1, -0.05) is 66.7 Å². The number of pyridine rings is 1. The number of rotatable bonds is 9. The summed E-state index contributed by atoms with van der Waals surface area (Å²) in [5.41, 5.74) is 4.70. The van der Waals surface area contributed by atoms with Crippen molar-refractivity contribution in [2.45, 2.75) is 25.7 Å². The summed E-state index contributed by atoms with van der Waals surface area (Å²) >= 11 is 0. The minimum Gasteiger partial charge on any atom is -0.389 e. The molecule has 2 heterocycles. The van der Waals surface area contributed by atoms with Crippen LogP contribution >= 0.6 is 0 Å². The second-order valence-electron chi connectivity index (χ2n) is 8.48.